The molecule has 6 heteroatoms. The number of amides is 1. The van der Waals surface area contributed by atoms with Gasteiger partial charge in [0.1, 0.15) is 11.9 Å². The van der Waals surface area contributed by atoms with Crippen molar-refractivity contribution in [1.82, 2.24) is 15.1 Å². The lowest BCUT2D eigenvalue weighted by Crippen LogP contribution is -2.33. The number of nitrogens with zero attached hydrogens (tertiary/aromatic N) is 2. The number of aromatic nitrogens is 2. The van der Waals surface area contributed by atoms with Crippen molar-refractivity contribution in [3.8, 4) is 0 Å². The van der Waals surface area contributed by atoms with Gasteiger partial charge in [-0.3, -0.25) is 0 Å². The monoisotopic (exact) mass is 308 g/mol. The summed E-state index contributed by atoms with van der Waals surface area (Å²) in [6.45, 7) is 10.1. The normalized spacial score (nSPS) is 22.1. The summed E-state index contributed by atoms with van der Waals surface area (Å²) < 4.78 is 7.33. The van der Waals surface area contributed by atoms with Crippen molar-refractivity contribution in [3.63, 3.8) is 0 Å². The van der Waals surface area contributed by atoms with E-state index in [9.17, 15) is 4.79 Å². The molecule has 1 aliphatic carbocycles. The van der Waals surface area contributed by atoms with Crippen LogP contribution in [-0.2, 0) is 10.3 Å². The Balaban J connectivity index is 1.97. The summed E-state index contributed by atoms with van der Waals surface area (Å²) in [6.07, 6.45) is 2.29. The van der Waals surface area contributed by atoms with Gasteiger partial charge in [0.05, 0.1) is 11.2 Å². The van der Waals surface area contributed by atoms with Crippen LogP contribution in [0.4, 0.5) is 10.6 Å². The summed E-state index contributed by atoms with van der Waals surface area (Å²) >= 11 is 0. The average Bonchev–Trinajstić information content (AvgIpc) is 2.93. The Morgan fingerprint density at radius 3 is 2.68 bits per heavy atom. The molecule has 1 saturated carbocycles. The Kier molecular flexibility index (Phi) is 4.68. The van der Waals surface area contributed by atoms with E-state index < -0.39 is 0 Å². The Labute approximate surface area is 132 Å². The number of nitrogens with two attached hydrogens (primary N) is 1. The maximum absolute atomic E-state index is 11.7. The van der Waals surface area contributed by atoms with Gasteiger partial charge in [-0.15, -0.1) is 0 Å². The molecular formula is C16H28N4O2. The third kappa shape index (κ3) is 3.93. The molecule has 1 heterocycles. The molecule has 0 saturated heterocycles. The number of hydrogen-bond donors (Lipinski definition) is 2. The van der Waals surface area contributed by atoms with E-state index in [2.05, 4.69) is 31.2 Å². The number of nitrogen functional groups attached to an aromatic ring is 1. The first-order chi connectivity index (χ1) is 10.2. The van der Waals surface area contributed by atoms with Gasteiger partial charge in [-0.2, -0.15) is 5.10 Å². The van der Waals surface area contributed by atoms with Crippen LogP contribution in [0.3, 0.4) is 0 Å². The molecule has 1 amide bonds. The van der Waals surface area contributed by atoms with Gasteiger partial charge in [0.2, 0.25) is 0 Å². The standard InChI is InChI=1S/C16H28N4O2/c1-10(2)18-15(21)22-12-7-6-11(8-12)13-9-14(17)20(19-13)16(3,4)5/h9-12H,6-8,17H2,1-5H3,(H,18,21)/t11-,12+/m1/s1. The number of alkyl carbamates (subject to hydrolysis) is 1. The Morgan fingerprint density at radius 1 is 1.45 bits per heavy atom. The Morgan fingerprint density at radius 2 is 2.14 bits per heavy atom. The van der Waals surface area contributed by atoms with Crippen molar-refractivity contribution in [3.05, 3.63) is 11.8 Å². The lowest BCUT2D eigenvalue weighted by molar-refractivity contribution is 0.0981. The summed E-state index contributed by atoms with van der Waals surface area (Å²) in [5.41, 5.74) is 6.94. The van der Waals surface area contributed by atoms with Crippen molar-refractivity contribution < 1.29 is 9.53 Å². The van der Waals surface area contributed by atoms with Gasteiger partial charge < -0.3 is 15.8 Å². The SMILES string of the molecule is CC(C)NC(=O)O[C@H]1CC[C@@H](c2cc(N)n(C(C)(C)C)n2)C1. The quantitative estimate of drug-likeness (QED) is 0.899. The van der Waals surface area contributed by atoms with Crippen molar-refractivity contribution >= 4 is 11.9 Å². The van der Waals surface area contributed by atoms with E-state index in [4.69, 9.17) is 10.5 Å². The fourth-order valence-corrected chi connectivity index (χ4v) is 2.89. The van der Waals surface area contributed by atoms with Crippen LogP contribution < -0.4 is 11.1 Å². The summed E-state index contributed by atoms with van der Waals surface area (Å²) in [6, 6.07) is 2.04. The zero-order valence-electron chi connectivity index (χ0n) is 14.2. The molecule has 1 fully saturated rings. The second kappa shape index (κ2) is 6.18. The third-order valence-corrected chi connectivity index (χ3v) is 3.87. The molecule has 0 unspecified atom stereocenters. The highest BCUT2D eigenvalue weighted by molar-refractivity contribution is 5.67. The molecule has 124 valence electrons. The van der Waals surface area contributed by atoms with Crippen LogP contribution >= 0.6 is 0 Å². The lowest BCUT2D eigenvalue weighted by Gasteiger charge is -2.20. The molecule has 22 heavy (non-hydrogen) atoms. The molecule has 0 spiro atoms. The summed E-state index contributed by atoms with van der Waals surface area (Å²) in [4.78, 5) is 11.7. The van der Waals surface area contributed by atoms with Gasteiger partial charge in [-0.05, 0) is 53.9 Å². The summed E-state index contributed by atoms with van der Waals surface area (Å²) in [7, 11) is 0. The van der Waals surface area contributed by atoms with E-state index in [1.807, 2.05) is 24.6 Å². The molecule has 0 aromatic carbocycles. The predicted molar refractivity (Wildman–Crippen MR) is 86.8 cm³/mol. The van der Waals surface area contributed by atoms with E-state index >= 15 is 0 Å². The Hall–Kier alpha value is -1.72. The highest BCUT2D eigenvalue weighted by atomic mass is 16.6. The topological polar surface area (TPSA) is 82.2 Å². The molecule has 0 aliphatic heterocycles. The fourth-order valence-electron chi connectivity index (χ4n) is 2.89. The molecule has 6 nitrogen and oxygen atoms in total. The molecule has 3 N–H and O–H groups in total. The maximum atomic E-state index is 11.7. The maximum Gasteiger partial charge on any atom is 0.407 e. The number of rotatable bonds is 3. The minimum absolute atomic E-state index is 0.0373. The largest absolute Gasteiger partial charge is 0.446 e. The van der Waals surface area contributed by atoms with Crippen LogP contribution in [0.5, 0.6) is 0 Å². The van der Waals surface area contributed by atoms with Crippen LogP contribution in [-0.4, -0.2) is 28.0 Å². The second-order valence-electron chi connectivity index (χ2n) is 7.41. The van der Waals surface area contributed by atoms with Crippen molar-refractivity contribution in [2.75, 3.05) is 5.73 Å². The van der Waals surface area contributed by atoms with E-state index in [0.717, 1.165) is 25.0 Å². The van der Waals surface area contributed by atoms with Gasteiger partial charge in [0.15, 0.2) is 0 Å². The highest BCUT2D eigenvalue weighted by Crippen LogP contribution is 2.36. The fraction of sp³-hybridized carbons (Fsp3) is 0.750. The minimum Gasteiger partial charge on any atom is -0.446 e. The molecule has 1 aromatic heterocycles. The van der Waals surface area contributed by atoms with Crippen LogP contribution in [0.25, 0.3) is 0 Å². The van der Waals surface area contributed by atoms with Crippen LogP contribution in [0.1, 0.15) is 65.5 Å². The molecule has 1 aromatic rings. The van der Waals surface area contributed by atoms with Gasteiger partial charge in [-0.25, -0.2) is 9.48 Å². The molecule has 2 rings (SSSR count). The number of carbonyl (C=O) groups is 1. The predicted octanol–water partition coefficient (Wildman–Crippen LogP) is 2.99. The number of hydrogen-bond acceptors (Lipinski definition) is 4. The van der Waals surface area contributed by atoms with Crippen molar-refractivity contribution in [2.45, 2.75) is 77.5 Å². The molecule has 1 aliphatic rings. The smallest absolute Gasteiger partial charge is 0.407 e. The van der Waals surface area contributed by atoms with Gasteiger partial charge in [0.25, 0.3) is 0 Å². The molecule has 0 radical (unpaired) electrons. The minimum atomic E-state index is -0.333. The zero-order valence-corrected chi connectivity index (χ0v) is 14.2. The van der Waals surface area contributed by atoms with Crippen LogP contribution in [0.15, 0.2) is 6.07 Å². The van der Waals surface area contributed by atoms with Gasteiger partial charge in [0, 0.05) is 18.0 Å². The molecular weight excluding hydrogens is 280 g/mol. The number of nitrogens with one attached hydrogen (secondary N) is 1. The molecule has 0 bridgehead atoms. The van der Waals surface area contributed by atoms with E-state index in [1.54, 1.807) is 0 Å². The number of anilines is 1. The third-order valence-electron chi connectivity index (χ3n) is 3.87. The summed E-state index contributed by atoms with van der Waals surface area (Å²) in [5, 5.41) is 7.42. The second-order valence-corrected chi connectivity index (χ2v) is 7.41. The Bertz CT molecular complexity index is 531. The lowest BCUT2D eigenvalue weighted by atomic mass is 10.0. The highest BCUT2D eigenvalue weighted by Gasteiger charge is 2.31. The van der Waals surface area contributed by atoms with Crippen LogP contribution in [0.2, 0.25) is 0 Å². The van der Waals surface area contributed by atoms with Crippen molar-refractivity contribution in [1.29, 1.82) is 0 Å². The first kappa shape index (κ1) is 16.6. The number of ether oxygens (including phenoxy) is 1. The zero-order chi connectivity index (χ0) is 16.5. The van der Waals surface area contributed by atoms with E-state index in [1.165, 1.54) is 0 Å². The molecule has 2 atom stereocenters. The number of carbonyl (C=O) groups excluding carboxylic acids is 1. The van der Waals surface area contributed by atoms with Crippen LogP contribution in [0, 0.1) is 0 Å². The van der Waals surface area contributed by atoms with Gasteiger partial charge >= 0.3 is 6.09 Å². The van der Waals surface area contributed by atoms with Gasteiger partial charge in [-0.1, -0.05) is 0 Å². The first-order valence-corrected chi connectivity index (χ1v) is 8.00. The average molecular weight is 308 g/mol. The van der Waals surface area contributed by atoms with E-state index in [-0.39, 0.29) is 23.8 Å². The first-order valence-electron chi connectivity index (χ1n) is 8.00. The van der Waals surface area contributed by atoms with Crippen molar-refractivity contribution in [2.24, 2.45) is 0 Å². The summed E-state index contributed by atoms with van der Waals surface area (Å²) in [5.74, 6) is 0.993. The van der Waals surface area contributed by atoms with E-state index in [0.29, 0.717) is 11.7 Å².